The van der Waals surface area contributed by atoms with Crippen molar-refractivity contribution in [1.29, 1.82) is 0 Å². The van der Waals surface area contributed by atoms with E-state index < -0.39 is 10.0 Å². The van der Waals surface area contributed by atoms with Gasteiger partial charge in [-0.05, 0) is 48.2 Å². The molecule has 2 aromatic rings. The van der Waals surface area contributed by atoms with E-state index in [-0.39, 0.29) is 5.92 Å². The maximum absolute atomic E-state index is 12.2. The van der Waals surface area contributed by atoms with E-state index in [1.165, 1.54) is 5.41 Å². The summed E-state index contributed by atoms with van der Waals surface area (Å²) in [6.45, 7) is 2.09. The number of halogens is 1. The molecule has 0 spiro atoms. The Balaban J connectivity index is 1.55. The van der Waals surface area contributed by atoms with Crippen LogP contribution in [0.2, 0.25) is 5.02 Å². The summed E-state index contributed by atoms with van der Waals surface area (Å²) in [7, 11) is -1.82. The molecule has 1 fully saturated rings. The molecular weight excluding hydrogens is 384 g/mol. The normalized spacial score (nSPS) is 17.6. The van der Waals surface area contributed by atoms with Crippen LogP contribution in [0.1, 0.15) is 12.0 Å². The molecule has 144 valence electrons. The first kappa shape index (κ1) is 19.7. The van der Waals surface area contributed by atoms with E-state index in [4.69, 9.17) is 16.3 Å². The Bertz CT molecular complexity index is 898. The Morgan fingerprint density at radius 3 is 2.70 bits per heavy atom. The first-order valence-electron chi connectivity index (χ1n) is 8.78. The molecule has 0 radical (unpaired) electrons. The van der Waals surface area contributed by atoms with Crippen molar-refractivity contribution in [1.82, 2.24) is 4.72 Å². The molecule has 0 aliphatic carbocycles. The average Bonchev–Trinajstić information content (AvgIpc) is 3.15. The molecule has 1 heterocycles. The van der Waals surface area contributed by atoms with E-state index in [0.29, 0.717) is 11.6 Å². The third-order valence-electron chi connectivity index (χ3n) is 4.59. The molecule has 0 amide bonds. The third-order valence-corrected chi connectivity index (χ3v) is 5.91. The van der Waals surface area contributed by atoms with Crippen molar-refractivity contribution < 1.29 is 13.2 Å². The number of methoxy groups -OCH3 is 1. The van der Waals surface area contributed by atoms with Crippen LogP contribution in [0.5, 0.6) is 5.75 Å². The fourth-order valence-corrected chi connectivity index (χ4v) is 4.16. The molecule has 1 aliphatic heterocycles. The maximum atomic E-state index is 12.2. The van der Waals surface area contributed by atoms with Crippen LogP contribution < -0.4 is 14.4 Å². The summed E-state index contributed by atoms with van der Waals surface area (Å²) in [4.78, 5) is 2.24. The monoisotopic (exact) mass is 406 g/mol. The molecule has 1 aliphatic rings. The van der Waals surface area contributed by atoms with Crippen LogP contribution in [-0.2, 0) is 10.0 Å². The number of nitrogens with zero attached hydrogens (tertiary/aromatic N) is 1. The number of para-hydroxylation sites is 2. The molecule has 7 heteroatoms. The van der Waals surface area contributed by atoms with Gasteiger partial charge in [-0.3, -0.25) is 0 Å². The summed E-state index contributed by atoms with van der Waals surface area (Å²) in [6.07, 6.45) is 2.50. The Labute approximate surface area is 165 Å². The molecule has 3 rings (SSSR count). The number of hydrogen-bond donors (Lipinski definition) is 1. The van der Waals surface area contributed by atoms with E-state index in [1.807, 2.05) is 24.3 Å². The molecule has 27 heavy (non-hydrogen) atoms. The average molecular weight is 407 g/mol. The minimum Gasteiger partial charge on any atom is -0.495 e. The Kier molecular flexibility index (Phi) is 6.42. The van der Waals surface area contributed by atoms with Gasteiger partial charge in [0.25, 0.3) is 0 Å². The highest BCUT2D eigenvalue weighted by Crippen LogP contribution is 2.31. The molecule has 0 bridgehead atoms. The van der Waals surface area contributed by atoms with Gasteiger partial charge >= 0.3 is 0 Å². The van der Waals surface area contributed by atoms with Gasteiger partial charge in [0.2, 0.25) is 10.0 Å². The zero-order valence-corrected chi connectivity index (χ0v) is 16.7. The quantitative estimate of drug-likeness (QED) is 0.760. The molecule has 2 aromatic carbocycles. The number of anilines is 1. The van der Waals surface area contributed by atoms with Gasteiger partial charge in [-0.25, -0.2) is 13.1 Å². The number of rotatable bonds is 7. The molecule has 1 atom stereocenters. The lowest BCUT2D eigenvalue weighted by Gasteiger charge is -2.21. The fourth-order valence-electron chi connectivity index (χ4n) is 3.13. The Morgan fingerprint density at radius 2 is 1.96 bits per heavy atom. The summed E-state index contributed by atoms with van der Waals surface area (Å²) in [5, 5.41) is 1.82. The maximum Gasteiger partial charge on any atom is 0.233 e. The molecule has 1 N–H and O–H groups in total. The van der Waals surface area contributed by atoms with Crippen LogP contribution in [0.25, 0.3) is 6.08 Å². The van der Waals surface area contributed by atoms with Crippen molar-refractivity contribution in [3.05, 3.63) is 64.5 Å². The fraction of sp³-hybridized carbons (Fsp3) is 0.300. The zero-order chi connectivity index (χ0) is 19.3. The molecule has 5 nitrogen and oxygen atoms in total. The van der Waals surface area contributed by atoms with Crippen molar-refractivity contribution in [3.63, 3.8) is 0 Å². The summed E-state index contributed by atoms with van der Waals surface area (Å²) in [5.74, 6) is 1.10. The third kappa shape index (κ3) is 5.48. The number of nitrogens with one attached hydrogen (secondary N) is 1. The van der Waals surface area contributed by atoms with Crippen LogP contribution in [0.3, 0.4) is 0 Å². The van der Waals surface area contributed by atoms with Crippen molar-refractivity contribution in [2.24, 2.45) is 5.92 Å². The highest BCUT2D eigenvalue weighted by atomic mass is 35.5. The first-order valence-corrected chi connectivity index (χ1v) is 10.7. The van der Waals surface area contributed by atoms with Crippen molar-refractivity contribution in [2.75, 3.05) is 31.6 Å². The first-order chi connectivity index (χ1) is 13.0. The van der Waals surface area contributed by atoms with E-state index in [1.54, 1.807) is 37.5 Å². The van der Waals surface area contributed by atoms with Crippen LogP contribution in [-0.4, -0.2) is 35.2 Å². The largest absolute Gasteiger partial charge is 0.495 e. The molecule has 1 saturated heterocycles. The molecule has 0 aromatic heterocycles. The van der Waals surface area contributed by atoms with Crippen LogP contribution in [0.4, 0.5) is 5.69 Å². The minimum atomic E-state index is -3.48. The summed E-state index contributed by atoms with van der Waals surface area (Å²) < 4.78 is 32.5. The summed E-state index contributed by atoms with van der Waals surface area (Å²) >= 11 is 5.83. The van der Waals surface area contributed by atoms with Crippen LogP contribution in [0, 0.1) is 5.92 Å². The molecule has 0 saturated carbocycles. The zero-order valence-electron chi connectivity index (χ0n) is 15.1. The van der Waals surface area contributed by atoms with Gasteiger partial charge in [-0.2, -0.15) is 0 Å². The minimum absolute atomic E-state index is 0.258. The van der Waals surface area contributed by atoms with Gasteiger partial charge in [-0.15, -0.1) is 0 Å². The predicted octanol–water partition coefficient (Wildman–Crippen LogP) is 3.77. The topological polar surface area (TPSA) is 58.6 Å². The number of hydrogen-bond acceptors (Lipinski definition) is 4. The van der Waals surface area contributed by atoms with E-state index >= 15 is 0 Å². The number of sulfonamides is 1. The Hall–Kier alpha value is -2.02. The van der Waals surface area contributed by atoms with Gasteiger partial charge in [0, 0.05) is 30.1 Å². The van der Waals surface area contributed by atoms with Crippen LogP contribution in [0.15, 0.2) is 53.9 Å². The number of ether oxygens (including phenoxy) is 1. The summed E-state index contributed by atoms with van der Waals surface area (Å²) in [5.41, 5.74) is 1.83. The highest BCUT2D eigenvalue weighted by molar-refractivity contribution is 7.92. The lowest BCUT2D eigenvalue weighted by Crippen LogP contribution is -2.29. The lowest BCUT2D eigenvalue weighted by atomic mass is 10.1. The van der Waals surface area contributed by atoms with Gasteiger partial charge in [0.15, 0.2) is 0 Å². The molecular formula is C20H23ClN2O3S. The van der Waals surface area contributed by atoms with Crippen molar-refractivity contribution in [2.45, 2.75) is 6.42 Å². The van der Waals surface area contributed by atoms with E-state index in [9.17, 15) is 8.42 Å². The standard InChI is InChI=1S/C20H23ClN2O3S/c1-26-20-5-3-2-4-19(20)23-12-10-17(15-23)14-22-27(24,25)13-11-16-6-8-18(21)9-7-16/h2-9,11,13,17,22H,10,12,14-15H2,1H3/b13-11+. The second kappa shape index (κ2) is 8.78. The van der Waals surface area contributed by atoms with Crippen molar-refractivity contribution >= 4 is 33.4 Å². The summed E-state index contributed by atoms with van der Waals surface area (Å²) in [6, 6.07) is 14.9. The van der Waals surface area contributed by atoms with E-state index in [0.717, 1.165) is 36.5 Å². The van der Waals surface area contributed by atoms with Gasteiger partial charge in [0.1, 0.15) is 5.75 Å². The SMILES string of the molecule is COc1ccccc1N1CCC(CNS(=O)(=O)/C=C/c2ccc(Cl)cc2)C1. The molecule has 1 unspecified atom stereocenters. The van der Waals surface area contributed by atoms with Gasteiger partial charge in [0.05, 0.1) is 12.8 Å². The smallest absolute Gasteiger partial charge is 0.233 e. The number of benzene rings is 2. The van der Waals surface area contributed by atoms with Gasteiger partial charge < -0.3 is 9.64 Å². The van der Waals surface area contributed by atoms with Crippen LogP contribution >= 0.6 is 11.6 Å². The van der Waals surface area contributed by atoms with Gasteiger partial charge in [-0.1, -0.05) is 35.9 Å². The second-order valence-corrected chi connectivity index (χ2v) is 8.61. The van der Waals surface area contributed by atoms with Crippen molar-refractivity contribution in [3.8, 4) is 5.75 Å². The lowest BCUT2D eigenvalue weighted by molar-refractivity contribution is 0.414. The predicted molar refractivity (Wildman–Crippen MR) is 111 cm³/mol. The Morgan fingerprint density at radius 1 is 1.22 bits per heavy atom. The highest BCUT2D eigenvalue weighted by Gasteiger charge is 2.25. The second-order valence-electron chi connectivity index (χ2n) is 6.52. The van der Waals surface area contributed by atoms with E-state index in [2.05, 4.69) is 9.62 Å².